The zero-order valence-corrected chi connectivity index (χ0v) is 25.6. The van der Waals surface area contributed by atoms with Gasteiger partial charge in [-0.25, -0.2) is 24.1 Å². The fraction of sp³-hybridized carbons (Fsp3) is 0.500. The fourth-order valence-electron chi connectivity index (χ4n) is 6.93. The number of nitrogen functional groups attached to an aromatic ring is 1. The van der Waals surface area contributed by atoms with Gasteiger partial charge in [0.15, 0.2) is 5.82 Å². The monoisotopic (exact) mass is 631 g/mol. The van der Waals surface area contributed by atoms with E-state index in [1.54, 1.807) is 39.5 Å². The molecule has 240 valence electrons. The Hall–Kier alpha value is -4.43. The van der Waals surface area contributed by atoms with Gasteiger partial charge in [-0.1, -0.05) is 0 Å². The summed E-state index contributed by atoms with van der Waals surface area (Å²) in [5, 5.41) is 0.105. The van der Waals surface area contributed by atoms with Crippen molar-refractivity contribution in [1.29, 1.82) is 0 Å². The van der Waals surface area contributed by atoms with Crippen molar-refractivity contribution in [2.45, 2.75) is 83.8 Å². The van der Waals surface area contributed by atoms with E-state index in [0.29, 0.717) is 17.7 Å². The van der Waals surface area contributed by atoms with Gasteiger partial charge in [0, 0.05) is 16.6 Å². The van der Waals surface area contributed by atoms with E-state index in [-0.39, 0.29) is 47.9 Å². The Morgan fingerprint density at radius 3 is 2.38 bits per heavy atom. The number of amides is 2. The van der Waals surface area contributed by atoms with Crippen molar-refractivity contribution in [1.82, 2.24) is 19.9 Å². The molecule has 0 aromatic carbocycles. The first kappa shape index (κ1) is 30.6. The molecule has 0 aliphatic carbocycles. The minimum absolute atomic E-state index is 0.0330. The molecule has 3 aromatic rings. The second-order valence-corrected chi connectivity index (χ2v) is 12.9. The van der Waals surface area contributed by atoms with Crippen LogP contribution in [0.25, 0.3) is 22.0 Å². The number of halogens is 4. The number of aromatic nitrogens is 3. The zero-order chi connectivity index (χ0) is 33.0. The first-order valence-corrected chi connectivity index (χ1v) is 14.4. The highest BCUT2D eigenvalue weighted by atomic mass is 19.4. The third-order valence-electron chi connectivity index (χ3n) is 8.91. The molecule has 3 aliphatic rings. The van der Waals surface area contributed by atoms with E-state index in [1.165, 1.54) is 4.90 Å². The van der Waals surface area contributed by atoms with Crippen molar-refractivity contribution in [2.75, 3.05) is 23.8 Å². The molecule has 0 spiro atoms. The lowest BCUT2D eigenvalue weighted by Crippen LogP contribution is -2.72. The summed E-state index contributed by atoms with van der Waals surface area (Å²) in [5.41, 5.74) is 7.47. The highest BCUT2D eigenvalue weighted by Crippen LogP contribution is 2.50. The number of nitrogens with two attached hydrogens (primary N) is 2. The Morgan fingerprint density at radius 1 is 1.07 bits per heavy atom. The minimum Gasteiger partial charge on any atom is -0.475 e. The summed E-state index contributed by atoms with van der Waals surface area (Å²) in [6.07, 6.45) is -4.95. The molecule has 0 unspecified atom stereocenters. The molecule has 0 saturated carbocycles. The number of carbonyl (C=O) groups excluding carboxylic acids is 2. The molecule has 4 N–H and O–H groups in total. The smallest absolute Gasteiger partial charge is 0.418 e. The molecule has 6 heterocycles. The van der Waals surface area contributed by atoms with Gasteiger partial charge >= 0.3 is 12.3 Å². The Morgan fingerprint density at radius 2 is 1.76 bits per heavy atom. The Kier molecular flexibility index (Phi) is 6.65. The number of fused-ring (bicyclic) bond motifs is 5. The maximum Gasteiger partial charge on any atom is 0.418 e. The summed E-state index contributed by atoms with van der Waals surface area (Å²) in [6, 6.07) is -0.272. The number of hydrogen-bond donors (Lipinski definition) is 2. The van der Waals surface area contributed by atoms with Gasteiger partial charge < -0.3 is 25.8 Å². The third kappa shape index (κ3) is 4.57. The largest absolute Gasteiger partial charge is 0.475 e. The van der Waals surface area contributed by atoms with Gasteiger partial charge in [-0.05, 0) is 66.0 Å². The summed E-state index contributed by atoms with van der Waals surface area (Å²) in [4.78, 5) is 42.6. The number of piperazine rings is 1. The molecular formula is C30H33F4N7O4. The van der Waals surface area contributed by atoms with Gasteiger partial charge in [0.1, 0.15) is 35.1 Å². The van der Waals surface area contributed by atoms with Crippen LogP contribution in [0.15, 0.2) is 6.07 Å². The average molecular weight is 632 g/mol. The predicted octanol–water partition coefficient (Wildman–Crippen LogP) is 4.56. The lowest BCUT2D eigenvalue weighted by atomic mass is 9.92. The molecule has 2 fully saturated rings. The fourth-order valence-corrected chi connectivity index (χ4v) is 6.93. The normalized spacial score (nSPS) is 22.6. The Bertz CT molecular complexity index is 1790. The van der Waals surface area contributed by atoms with Crippen molar-refractivity contribution in [2.24, 2.45) is 5.73 Å². The topological polar surface area (TPSA) is 150 Å². The molecule has 2 saturated heterocycles. The maximum atomic E-state index is 16.7. The first-order valence-electron chi connectivity index (χ1n) is 14.4. The number of ether oxygens (including phenoxy) is 2. The van der Waals surface area contributed by atoms with E-state index in [1.807, 2.05) is 0 Å². The number of aryl methyl sites for hydroxylation is 3. The van der Waals surface area contributed by atoms with Crippen LogP contribution in [-0.4, -0.2) is 68.2 Å². The van der Waals surface area contributed by atoms with Gasteiger partial charge in [0.25, 0.3) is 0 Å². The van der Waals surface area contributed by atoms with E-state index >= 15 is 4.39 Å². The van der Waals surface area contributed by atoms with Crippen LogP contribution in [0.1, 0.15) is 56.1 Å². The predicted molar refractivity (Wildman–Crippen MR) is 156 cm³/mol. The summed E-state index contributed by atoms with van der Waals surface area (Å²) >= 11 is 0. The molecule has 3 aromatic heterocycles. The molecule has 11 nitrogen and oxygen atoms in total. The average Bonchev–Trinajstić information content (AvgIpc) is 3.12. The van der Waals surface area contributed by atoms with Crippen LogP contribution in [0, 0.1) is 26.6 Å². The second kappa shape index (κ2) is 9.78. The molecule has 2 bridgehead atoms. The third-order valence-corrected chi connectivity index (χ3v) is 8.91. The van der Waals surface area contributed by atoms with Gasteiger partial charge in [0.05, 0.1) is 35.3 Å². The molecule has 3 aliphatic heterocycles. The van der Waals surface area contributed by atoms with Crippen molar-refractivity contribution < 1.29 is 36.6 Å². The van der Waals surface area contributed by atoms with Crippen LogP contribution in [0.4, 0.5) is 34.0 Å². The number of nitrogens with zero attached hydrogens (tertiary/aromatic N) is 5. The number of anilines is 2. The van der Waals surface area contributed by atoms with Crippen LogP contribution in [-0.2, 0) is 15.7 Å². The van der Waals surface area contributed by atoms with Gasteiger partial charge in [-0.3, -0.25) is 9.69 Å². The molecular weight excluding hydrogens is 598 g/mol. The molecule has 2 amide bonds. The summed E-state index contributed by atoms with van der Waals surface area (Å²) in [7, 11) is 0. The van der Waals surface area contributed by atoms with E-state index in [9.17, 15) is 22.8 Å². The zero-order valence-electron chi connectivity index (χ0n) is 25.6. The first-order chi connectivity index (χ1) is 20.9. The standard InChI is InChI=1S/C30H33F4N7O4/c1-12-13(2)38-24-20-19(12)22(31)23(15-9-18(35)37-14(3)21(15)30(32,33)34)39-25(20)44-10-17-16-7-8-29(26(36)42,11-40(17)24)41(16)27(43)45-28(4,5)6/h9,16-17H,7-8,10-11H2,1-6H3,(H2,35,37)(H2,36,42)/t16-,17+,29+/m0/s1. The van der Waals surface area contributed by atoms with Gasteiger partial charge in [-0.15, -0.1) is 0 Å². The van der Waals surface area contributed by atoms with Gasteiger partial charge in [-0.2, -0.15) is 13.2 Å². The summed E-state index contributed by atoms with van der Waals surface area (Å²) in [6.45, 7) is 9.33. The maximum absolute atomic E-state index is 16.7. The molecule has 45 heavy (non-hydrogen) atoms. The van der Waals surface area contributed by atoms with Crippen LogP contribution < -0.4 is 21.1 Å². The SMILES string of the molecule is Cc1nc(N)cc(-c2nc3c4c(nc(C)c(C)c4c2F)N2C[C@@]4(C(N)=O)CC[C@@H]([C@H]2CO3)N4C(=O)OC(C)(C)C)c1C(F)(F)F. The van der Waals surface area contributed by atoms with E-state index in [2.05, 4.69) is 9.97 Å². The molecule has 15 heteroatoms. The lowest BCUT2D eigenvalue weighted by molar-refractivity contribution is -0.137. The van der Waals surface area contributed by atoms with Crippen molar-refractivity contribution >= 4 is 34.4 Å². The number of pyridine rings is 3. The highest BCUT2D eigenvalue weighted by molar-refractivity contribution is 6.02. The van der Waals surface area contributed by atoms with Crippen molar-refractivity contribution in [3.63, 3.8) is 0 Å². The number of alkyl halides is 3. The van der Waals surface area contributed by atoms with Crippen LogP contribution in [0.3, 0.4) is 0 Å². The Balaban J connectivity index is 1.58. The van der Waals surface area contributed by atoms with Crippen LogP contribution in [0.5, 0.6) is 5.88 Å². The number of hydrogen-bond acceptors (Lipinski definition) is 9. The number of primary amides is 1. The molecule has 0 radical (unpaired) electrons. The highest BCUT2D eigenvalue weighted by Gasteiger charge is 2.62. The molecule has 6 rings (SSSR count). The van der Waals surface area contributed by atoms with Crippen LogP contribution >= 0.6 is 0 Å². The number of carbonyl (C=O) groups is 2. The summed E-state index contributed by atoms with van der Waals surface area (Å²) < 4.78 is 71.3. The quantitative estimate of drug-likeness (QED) is 0.388. The minimum atomic E-state index is -4.89. The van der Waals surface area contributed by atoms with E-state index < -0.39 is 69.7 Å². The van der Waals surface area contributed by atoms with Crippen LogP contribution in [0.2, 0.25) is 0 Å². The number of rotatable bonds is 2. The Labute approximate surface area is 255 Å². The van der Waals surface area contributed by atoms with E-state index in [0.717, 1.165) is 13.0 Å². The van der Waals surface area contributed by atoms with Crippen molar-refractivity contribution in [3.8, 4) is 17.1 Å². The lowest BCUT2D eigenvalue weighted by Gasteiger charge is -2.51. The summed E-state index contributed by atoms with van der Waals surface area (Å²) in [5.74, 6) is -1.90. The van der Waals surface area contributed by atoms with E-state index in [4.69, 9.17) is 25.9 Å². The second-order valence-electron chi connectivity index (χ2n) is 12.9. The molecule has 3 atom stereocenters. The van der Waals surface area contributed by atoms with Gasteiger partial charge in [0.2, 0.25) is 11.8 Å². The van der Waals surface area contributed by atoms with Crippen molar-refractivity contribution in [3.05, 3.63) is 34.4 Å².